The van der Waals surface area contributed by atoms with E-state index in [1.807, 2.05) is 0 Å². The molecule has 1 aliphatic heterocycles. The first-order chi connectivity index (χ1) is 9.58. The first-order valence-electron chi connectivity index (χ1n) is 6.40. The molecular weight excluding hydrogens is 280 g/mol. The van der Waals surface area contributed by atoms with Gasteiger partial charge < -0.3 is 10.5 Å². The fraction of sp³-hybridized carbons (Fsp3) is 0.417. The van der Waals surface area contributed by atoms with Crippen LogP contribution in [0.4, 0.5) is 5.82 Å². The number of sulfonamides is 1. The highest BCUT2D eigenvalue weighted by atomic mass is 32.2. The van der Waals surface area contributed by atoms with Gasteiger partial charge in [0.15, 0.2) is 10.8 Å². The number of ether oxygens (including phenoxy) is 1. The van der Waals surface area contributed by atoms with Crippen molar-refractivity contribution in [2.24, 2.45) is 0 Å². The van der Waals surface area contributed by atoms with E-state index in [0.29, 0.717) is 18.9 Å². The minimum Gasteiger partial charge on any atom is -0.381 e. The summed E-state index contributed by atoms with van der Waals surface area (Å²) in [6, 6.07) is 5.00. The average molecular weight is 296 g/mol. The lowest BCUT2D eigenvalue weighted by Gasteiger charge is -2.22. The van der Waals surface area contributed by atoms with Crippen LogP contribution in [0.1, 0.15) is 12.8 Å². The summed E-state index contributed by atoms with van der Waals surface area (Å²) in [5.74, 6) is 0.000396. The minimum atomic E-state index is -3.73. The summed E-state index contributed by atoms with van der Waals surface area (Å²) < 4.78 is 34.4. The molecule has 0 aromatic carbocycles. The molecule has 3 heterocycles. The van der Waals surface area contributed by atoms with Crippen molar-refractivity contribution >= 4 is 21.5 Å². The van der Waals surface area contributed by atoms with E-state index in [0.717, 1.165) is 12.8 Å². The number of hydrogen-bond acceptors (Lipinski definition) is 5. The highest BCUT2D eigenvalue weighted by Crippen LogP contribution is 2.21. The Kier molecular flexibility index (Phi) is 3.36. The highest BCUT2D eigenvalue weighted by Gasteiger charge is 2.27. The maximum atomic E-state index is 12.5. The molecule has 1 saturated heterocycles. The van der Waals surface area contributed by atoms with Crippen molar-refractivity contribution in [3.05, 3.63) is 24.4 Å². The van der Waals surface area contributed by atoms with Crippen LogP contribution in [-0.4, -0.2) is 37.1 Å². The number of fused-ring (bicyclic) bond motifs is 1. The van der Waals surface area contributed by atoms with Gasteiger partial charge in [-0.1, -0.05) is 6.07 Å². The van der Waals surface area contributed by atoms with Gasteiger partial charge in [-0.2, -0.15) is 0 Å². The largest absolute Gasteiger partial charge is 0.381 e. The Morgan fingerprint density at radius 3 is 3.05 bits per heavy atom. The number of nitrogen functional groups attached to an aromatic ring is 1. The maximum Gasteiger partial charge on any atom is 0.260 e. The molecule has 108 valence electrons. The van der Waals surface area contributed by atoms with Gasteiger partial charge in [-0.3, -0.25) is 4.40 Å². The fourth-order valence-corrected chi connectivity index (χ4v) is 3.84. The predicted octanol–water partition coefficient (Wildman–Crippen LogP) is 0.374. The lowest BCUT2D eigenvalue weighted by molar-refractivity contribution is 0.0774. The van der Waals surface area contributed by atoms with Gasteiger partial charge in [0.1, 0.15) is 5.65 Å². The average Bonchev–Trinajstić information content (AvgIpc) is 2.75. The van der Waals surface area contributed by atoms with E-state index in [9.17, 15) is 8.42 Å². The molecular formula is C12H16N4O3S. The molecule has 20 heavy (non-hydrogen) atoms. The topological polar surface area (TPSA) is 98.7 Å². The smallest absolute Gasteiger partial charge is 0.260 e. The van der Waals surface area contributed by atoms with E-state index in [2.05, 4.69) is 9.71 Å². The number of hydrogen-bond donors (Lipinski definition) is 2. The van der Waals surface area contributed by atoms with Gasteiger partial charge in [0.05, 0.1) is 6.61 Å². The van der Waals surface area contributed by atoms with Crippen LogP contribution in [0.15, 0.2) is 29.4 Å². The molecule has 2 aromatic rings. The number of rotatable bonds is 3. The first-order valence-corrected chi connectivity index (χ1v) is 7.89. The molecule has 1 fully saturated rings. The second-order valence-electron chi connectivity index (χ2n) is 4.77. The van der Waals surface area contributed by atoms with Crippen LogP contribution in [0.2, 0.25) is 0 Å². The standard InChI is InChI=1S/C12H16N4O3S/c13-11-12(16-6-2-1-5-10(16)14-11)20(17,18)15-9-4-3-7-19-8-9/h1-2,5-6,9,15H,3-4,7-8,13H2. The van der Waals surface area contributed by atoms with Gasteiger partial charge in [0.2, 0.25) is 0 Å². The van der Waals surface area contributed by atoms with Crippen LogP contribution in [0, 0.1) is 0 Å². The van der Waals surface area contributed by atoms with Crippen molar-refractivity contribution in [1.29, 1.82) is 0 Å². The van der Waals surface area contributed by atoms with Gasteiger partial charge >= 0.3 is 0 Å². The summed E-state index contributed by atoms with van der Waals surface area (Å²) >= 11 is 0. The molecule has 0 bridgehead atoms. The first kappa shape index (κ1) is 13.3. The number of imidazole rings is 1. The minimum absolute atomic E-state index is 0.000396. The van der Waals surface area contributed by atoms with E-state index in [4.69, 9.17) is 10.5 Å². The Morgan fingerprint density at radius 2 is 2.30 bits per heavy atom. The molecule has 0 spiro atoms. The van der Waals surface area contributed by atoms with Crippen LogP contribution in [-0.2, 0) is 14.8 Å². The second kappa shape index (κ2) is 5.04. The van der Waals surface area contributed by atoms with Gasteiger partial charge in [-0.05, 0) is 25.0 Å². The van der Waals surface area contributed by atoms with Crippen LogP contribution in [0.3, 0.4) is 0 Å². The van der Waals surface area contributed by atoms with Gasteiger partial charge in [-0.15, -0.1) is 0 Å². The molecule has 0 saturated carbocycles. The quantitative estimate of drug-likeness (QED) is 0.853. The normalized spacial score (nSPS) is 20.3. The number of nitrogens with zero attached hydrogens (tertiary/aromatic N) is 2. The lowest BCUT2D eigenvalue weighted by Crippen LogP contribution is -2.41. The van der Waals surface area contributed by atoms with Crippen molar-refractivity contribution in [3.63, 3.8) is 0 Å². The molecule has 0 radical (unpaired) electrons. The third-order valence-corrected chi connectivity index (χ3v) is 4.81. The number of pyridine rings is 1. The highest BCUT2D eigenvalue weighted by molar-refractivity contribution is 7.89. The van der Waals surface area contributed by atoms with Crippen molar-refractivity contribution in [1.82, 2.24) is 14.1 Å². The van der Waals surface area contributed by atoms with Crippen LogP contribution >= 0.6 is 0 Å². The Bertz CT molecular complexity index is 719. The predicted molar refractivity (Wildman–Crippen MR) is 73.8 cm³/mol. The SMILES string of the molecule is Nc1nc2ccccn2c1S(=O)(=O)NC1CCCOC1. The van der Waals surface area contributed by atoms with Crippen molar-refractivity contribution < 1.29 is 13.2 Å². The van der Waals surface area contributed by atoms with Crippen molar-refractivity contribution in [2.45, 2.75) is 23.9 Å². The Labute approximate surface area is 116 Å². The maximum absolute atomic E-state index is 12.5. The molecule has 1 atom stereocenters. The molecule has 2 aromatic heterocycles. The Balaban J connectivity index is 1.98. The summed E-state index contributed by atoms with van der Waals surface area (Å²) in [6.07, 6.45) is 3.23. The van der Waals surface area contributed by atoms with E-state index < -0.39 is 10.0 Å². The Hall–Kier alpha value is -1.64. The monoisotopic (exact) mass is 296 g/mol. The number of nitrogens with one attached hydrogen (secondary N) is 1. The molecule has 1 aliphatic rings. The fourth-order valence-electron chi connectivity index (χ4n) is 2.37. The zero-order chi connectivity index (χ0) is 14.2. The number of aromatic nitrogens is 2. The summed E-state index contributed by atoms with van der Waals surface area (Å²) in [7, 11) is -3.73. The molecule has 3 N–H and O–H groups in total. The van der Waals surface area contributed by atoms with E-state index in [1.54, 1.807) is 24.4 Å². The van der Waals surface area contributed by atoms with Gasteiger partial charge in [-0.25, -0.2) is 18.1 Å². The zero-order valence-corrected chi connectivity index (χ0v) is 11.6. The molecule has 0 amide bonds. The Morgan fingerprint density at radius 1 is 1.45 bits per heavy atom. The third kappa shape index (κ3) is 2.37. The number of nitrogens with two attached hydrogens (primary N) is 1. The summed E-state index contributed by atoms with van der Waals surface area (Å²) in [5, 5.41) is -0.0151. The second-order valence-corrected chi connectivity index (χ2v) is 6.40. The summed E-state index contributed by atoms with van der Waals surface area (Å²) in [5.41, 5.74) is 6.27. The van der Waals surface area contributed by atoms with E-state index in [1.165, 1.54) is 4.40 Å². The molecule has 0 aliphatic carbocycles. The van der Waals surface area contributed by atoms with E-state index >= 15 is 0 Å². The van der Waals surface area contributed by atoms with E-state index in [-0.39, 0.29) is 16.9 Å². The lowest BCUT2D eigenvalue weighted by atomic mass is 10.1. The van der Waals surface area contributed by atoms with Crippen LogP contribution in [0.5, 0.6) is 0 Å². The van der Waals surface area contributed by atoms with Crippen LogP contribution < -0.4 is 10.5 Å². The number of anilines is 1. The van der Waals surface area contributed by atoms with Crippen molar-refractivity contribution in [2.75, 3.05) is 18.9 Å². The van der Waals surface area contributed by atoms with Gasteiger partial charge in [0, 0.05) is 18.8 Å². The zero-order valence-electron chi connectivity index (χ0n) is 10.8. The summed E-state index contributed by atoms with van der Waals surface area (Å²) in [4.78, 5) is 4.06. The molecule has 8 heteroatoms. The van der Waals surface area contributed by atoms with Crippen molar-refractivity contribution in [3.8, 4) is 0 Å². The molecule has 7 nitrogen and oxygen atoms in total. The molecule has 1 unspecified atom stereocenters. The van der Waals surface area contributed by atoms with Crippen LogP contribution in [0.25, 0.3) is 5.65 Å². The summed E-state index contributed by atoms with van der Waals surface area (Å²) in [6.45, 7) is 1.06. The third-order valence-electron chi connectivity index (χ3n) is 3.25. The molecule has 3 rings (SSSR count). The van der Waals surface area contributed by atoms with Gasteiger partial charge in [0.25, 0.3) is 10.0 Å².